The molecule has 0 saturated carbocycles. The molecule has 1 N–H and O–H groups in total. The molecule has 0 aromatic carbocycles. The van der Waals surface area contributed by atoms with Gasteiger partial charge < -0.3 is 10.0 Å². The van der Waals surface area contributed by atoms with Gasteiger partial charge in [-0.05, 0) is 6.07 Å². The molecule has 2 heterocycles. The summed E-state index contributed by atoms with van der Waals surface area (Å²) in [6.45, 7) is 0.349. The fourth-order valence-electron chi connectivity index (χ4n) is 1.83. The highest BCUT2D eigenvalue weighted by molar-refractivity contribution is 6.03. The first kappa shape index (κ1) is 11.1. The van der Waals surface area contributed by atoms with E-state index in [1.54, 1.807) is 0 Å². The smallest absolute Gasteiger partial charge is 0.337 e. The molecule has 1 amide bonds. The maximum absolute atomic E-state index is 11.7. The van der Waals surface area contributed by atoms with E-state index in [4.69, 9.17) is 11.5 Å². The molecule has 1 atom stereocenters. The molecule has 0 aliphatic carbocycles. The van der Waals surface area contributed by atoms with Gasteiger partial charge in [-0.25, -0.2) is 4.79 Å². The third-order valence-electron chi connectivity index (χ3n) is 2.68. The van der Waals surface area contributed by atoms with Gasteiger partial charge in [0, 0.05) is 25.1 Å². The molecule has 1 aromatic rings. The summed E-state index contributed by atoms with van der Waals surface area (Å²) in [6, 6.07) is 1.37. The predicted octanol–water partition coefficient (Wildman–Crippen LogP) is 0.766. The molecule has 1 unspecified atom stereocenters. The van der Waals surface area contributed by atoms with Gasteiger partial charge in [0.25, 0.3) is 0 Å². The van der Waals surface area contributed by atoms with E-state index in [0.29, 0.717) is 12.2 Å². The molecular weight excluding hydrogens is 220 g/mol. The van der Waals surface area contributed by atoms with Gasteiger partial charge in [-0.15, -0.1) is 12.3 Å². The Morgan fingerprint density at radius 3 is 3.00 bits per heavy atom. The number of carboxylic acid groups (broad SMARTS) is 1. The maximum atomic E-state index is 11.7. The standard InChI is InChI=1S/C12H10N2O3/c1-2-8-5-11(15)14(7-8)10-6-13-4-3-9(10)12(16)17/h1,3-4,6,8H,5,7H2,(H,16,17). The quantitative estimate of drug-likeness (QED) is 0.762. The van der Waals surface area contributed by atoms with E-state index in [1.807, 2.05) is 0 Å². The Kier molecular flexibility index (Phi) is 2.79. The summed E-state index contributed by atoms with van der Waals surface area (Å²) in [6.07, 6.45) is 8.28. The van der Waals surface area contributed by atoms with Gasteiger partial charge in [0.05, 0.1) is 17.4 Å². The summed E-state index contributed by atoms with van der Waals surface area (Å²) in [5.41, 5.74) is 0.369. The average Bonchev–Trinajstić information content (AvgIpc) is 2.70. The van der Waals surface area contributed by atoms with Crippen LogP contribution in [-0.4, -0.2) is 28.5 Å². The number of hydrogen-bond acceptors (Lipinski definition) is 3. The van der Waals surface area contributed by atoms with Crippen molar-refractivity contribution in [2.24, 2.45) is 5.92 Å². The summed E-state index contributed by atoms with van der Waals surface area (Å²) in [5.74, 6) is 1.10. The van der Waals surface area contributed by atoms with Gasteiger partial charge in [0.15, 0.2) is 0 Å². The van der Waals surface area contributed by atoms with Gasteiger partial charge in [0.1, 0.15) is 0 Å². The van der Waals surface area contributed by atoms with Crippen LogP contribution in [0.2, 0.25) is 0 Å². The molecular formula is C12H10N2O3. The van der Waals surface area contributed by atoms with Crippen LogP contribution < -0.4 is 4.90 Å². The lowest BCUT2D eigenvalue weighted by molar-refractivity contribution is -0.117. The minimum Gasteiger partial charge on any atom is -0.478 e. The molecule has 0 radical (unpaired) electrons. The van der Waals surface area contributed by atoms with Crippen LogP contribution in [0.1, 0.15) is 16.8 Å². The molecule has 5 nitrogen and oxygen atoms in total. The molecule has 17 heavy (non-hydrogen) atoms. The number of carbonyl (C=O) groups excluding carboxylic acids is 1. The maximum Gasteiger partial charge on any atom is 0.337 e. The fourth-order valence-corrected chi connectivity index (χ4v) is 1.83. The summed E-state index contributed by atoms with van der Waals surface area (Å²) >= 11 is 0. The number of anilines is 1. The predicted molar refractivity (Wildman–Crippen MR) is 60.5 cm³/mol. The highest BCUT2D eigenvalue weighted by Crippen LogP contribution is 2.27. The van der Waals surface area contributed by atoms with Gasteiger partial charge in [-0.1, -0.05) is 0 Å². The van der Waals surface area contributed by atoms with Crippen molar-refractivity contribution in [3.63, 3.8) is 0 Å². The zero-order chi connectivity index (χ0) is 12.4. The number of pyridine rings is 1. The van der Waals surface area contributed by atoms with Crippen molar-refractivity contribution in [1.82, 2.24) is 4.98 Å². The molecule has 0 spiro atoms. The third-order valence-corrected chi connectivity index (χ3v) is 2.68. The Bertz CT molecular complexity index is 519. The van der Waals surface area contributed by atoms with E-state index < -0.39 is 5.97 Å². The average molecular weight is 230 g/mol. The normalized spacial score (nSPS) is 19.1. The van der Waals surface area contributed by atoms with Crippen LogP contribution in [-0.2, 0) is 4.79 Å². The Morgan fingerprint density at radius 1 is 1.65 bits per heavy atom. The van der Waals surface area contributed by atoms with Gasteiger partial charge in [-0.2, -0.15) is 0 Å². The van der Waals surface area contributed by atoms with Crippen molar-refractivity contribution in [2.45, 2.75) is 6.42 Å². The van der Waals surface area contributed by atoms with E-state index in [-0.39, 0.29) is 23.8 Å². The Labute approximate surface area is 98.1 Å². The number of amides is 1. The first-order valence-electron chi connectivity index (χ1n) is 5.07. The highest BCUT2D eigenvalue weighted by atomic mass is 16.4. The van der Waals surface area contributed by atoms with Crippen molar-refractivity contribution < 1.29 is 14.7 Å². The first-order valence-corrected chi connectivity index (χ1v) is 5.07. The molecule has 5 heteroatoms. The Hall–Kier alpha value is -2.35. The van der Waals surface area contributed by atoms with Crippen LogP contribution in [0.3, 0.4) is 0 Å². The fraction of sp³-hybridized carbons (Fsp3) is 0.250. The lowest BCUT2D eigenvalue weighted by Crippen LogP contribution is -2.26. The second-order valence-electron chi connectivity index (χ2n) is 3.77. The summed E-state index contributed by atoms with van der Waals surface area (Å²) in [5, 5.41) is 9.03. The molecule has 1 fully saturated rings. The number of carboxylic acids is 1. The molecule has 1 aromatic heterocycles. The summed E-state index contributed by atoms with van der Waals surface area (Å²) in [4.78, 5) is 28.0. The number of aromatic nitrogens is 1. The number of rotatable bonds is 2. The van der Waals surface area contributed by atoms with Crippen molar-refractivity contribution in [3.05, 3.63) is 24.0 Å². The SMILES string of the molecule is C#CC1CC(=O)N(c2cnccc2C(=O)O)C1. The van der Waals surface area contributed by atoms with Gasteiger partial charge in [-0.3, -0.25) is 9.78 Å². The number of nitrogens with zero attached hydrogens (tertiary/aromatic N) is 2. The second kappa shape index (κ2) is 4.26. The van der Waals surface area contributed by atoms with E-state index in [1.165, 1.54) is 23.4 Å². The van der Waals surface area contributed by atoms with E-state index >= 15 is 0 Å². The second-order valence-corrected chi connectivity index (χ2v) is 3.77. The zero-order valence-electron chi connectivity index (χ0n) is 8.96. The largest absolute Gasteiger partial charge is 0.478 e. The number of carbonyl (C=O) groups is 2. The third kappa shape index (κ3) is 1.97. The van der Waals surface area contributed by atoms with Crippen molar-refractivity contribution in [1.29, 1.82) is 0 Å². The molecule has 1 aliphatic heterocycles. The Balaban J connectivity index is 2.39. The monoisotopic (exact) mass is 230 g/mol. The van der Waals surface area contributed by atoms with Crippen LogP contribution in [0.5, 0.6) is 0 Å². The van der Waals surface area contributed by atoms with E-state index in [0.717, 1.165) is 0 Å². The molecule has 86 valence electrons. The summed E-state index contributed by atoms with van der Waals surface area (Å²) < 4.78 is 0. The van der Waals surface area contributed by atoms with Crippen LogP contribution in [0, 0.1) is 18.3 Å². The highest BCUT2D eigenvalue weighted by Gasteiger charge is 2.31. The van der Waals surface area contributed by atoms with Gasteiger partial charge >= 0.3 is 5.97 Å². The lowest BCUT2D eigenvalue weighted by atomic mass is 10.1. The minimum absolute atomic E-state index is 0.0611. The molecule has 2 rings (SSSR count). The van der Waals surface area contributed by atoms with Crippen molar-refractivity contribution in [3.8, 4) is 12.3 Å². The number of terminal acetylenes is 1. The summed E-state index contributed by atoms with van der Waals surface area (Å²) in [7, 11) is 0. The first-order chi connectivity index (χ1) is 8.13. The zero-order valence-corrected chi connectivity index (χ0v) is 8.96. The minimum atomic E-state index is -1.08. The van der Waals surface area contributed by atoms with Crippen LogP contribution in [0.15, 0.2) is 18.5 Å². The topological polar surface area (TPSA) is 70.5 Å². The molecule has 0 bridgehead atoms. The van der Waals surface area contributed by atoms with Crippen molar-refractivity contribution >= 4 is 17.6 Å². The lowest BCUT2D eigenvalue weighted by Gasteiger charge is -2.17. The van der Waals surface area contributed by atoms with Crippen molar-refractivity contribution in [2.75, 3.05) is 11.4 Å². The van der Waals surface area contributed by atoms with E-state index in [2.05, 4.69) is 10.9 Å². The number of hydrogen-bond donors (Lipinski definition) is 1. The van der Waals surface area contributed by atoms with Crippen LogP contribution >= 0.6 is 0 Å². The Morgan fingerprint density at radius 2 is 2.41 bits per heavy atom. The molecule has 1 aliphatic rings. The molecule has 1 saturated heterocycles. The van der Waals surface area contributed by atoms with Crippen LogP contribution in [0.25, 0.3) is 0 Å². The van der Waals surface area contributed by atoms with Gasteiger partial charge in [0.2, 0.25) is 5.91 Å². The number of aromatic carboxylic acids is 1. The van der Waals surface area contributed by atoms with E-state index in [9.17, 15) is 9.59 Å². The van der Waals surface area contributed by atoms with Crippen LogP contribution in [0.4, 0.5) is 5.69 Å².